The van der Waals surface area contributed by atoms with Crippen molar-refractivity contribution >= 4 is 28.4 Å². The van der Waals surface area contributed by atoms with Gasteiger partial charge in [0.2, 0.25) is 5.95 Å². The zero-order chi connectivity index (χ0) is 24.8. The molecule has 3 rings (SSSR count). The Morgan fingerprint density at radius 3 is 2.71 bits per heavy atom. The van der Waals surface area contributed by atoms with Crippen molar-refractivity contribution in [2.24, 2.45) is 0 Å². The Morgan fingerprint density at radius 2 is 2.03 bits per heavy atom. The third-order valence-corrected chi connectivity index (χ3v) is 5.22. The van der Waals surface area contributed by atoms with Crippen LogP contribution in [0.4, 0.5) is 11.8 Å². The van der Waals surface area contributed by atoms with E-state index in [0.29, 0.717) is 23.2 Å². The van der Waals surface area contributed by atoms with Crippen LogP contribution in [0.5, 0.6) is 0 Å². The van der Waals surface area contributed by atoms with Gasteiger partial charge >= 0.3 is 0 Å². The van der Waals surface area contributed by atoms with Gasteiger partial charge in [0.25, 0.3) is 0 Å². The van der Waals surface area contributed by atoms with Crippen LogP contribution in [0.25, 0.3) is 16.6 Å². The number of hydrogen-bond donors (Lipinski definition) is 4. The molecule has 2 aromatic heterocycles. The third-order valence-electron chi connectivity index (χ3n) is 5.22. The lowest BCUT2D eigenvalue weighted by Gasteiger charge is -2.27. The van der Waals surface area contributed by atoms with Crippen LogP contribution in [-0.4, -0.2) is 73.3 Å². The van der Waals surface area contributed by atoms with Gasteiger partial charge in [0.15, 0.2) is 5.65 Å². The number of aromatic nitrogens is 3. The molecule has 0 saturated carbocycles. The van der Waals surface area contributed by atoms with Crippen LogP contribution >= 0.6 is 0 Å². The molecule has 0 aromatic carbocycles. The van der Waals surface area contributed by atoms with Crippen LogP contribution in [0.1, 0.15) is 32.8 Å². The van der Waals surface area contributed by atoms with Gasteiger partial charge in [-0.3, -0.25) is 0 Å². The number of piperazine rings is 1. The number of fused-ring (bicyclic) bond motifs is 1. The van der Waals surface area contributed by atoms with Crippen LogP contribution < -0.4 is 21.7 Å². The average Bonchev–Trinajstić information content (AvgIpc) is 2.87. The van der Waals surface area contributed by atoms with E-state index in [4.69, 9.17) is 10.5 Å². The number of ether oxygens (including phenoxy) is 1. The van der Waals surface area contributed by atoms with Gasteiger partial charge in [0.05, 0.1) is 7.11 Å². The molecule has 0 spiro atoms. The fraction of sp³-hybridized carbons (Fsp3) is 0.480. The largest absolute Gasteiger partial charge is 0.497 e. The third kappa shape index (κ3) is 8.00. The van der Waals surface area contributed by atoms with Crippen LogP contribution in [0, 0.1) is 0 Å². The smallest absolute Gasteiger partial charge is 0.224 e. The number of rotatable bonds is 10. The van der Waals surface area contributed by atoms with Gasteiger partial charge in [-0.25, -0.2) is 9.97 Å². The first-order chi connectivity index (χ1) is 16.6. The molecule has 2 aromatic rings. The number of methoxy groups -OCH3 is 1. The summed E-state index contributed by atoms with van der Waals surface area (Å²) in [5.41, 5.74) is 8.51. The molecular formula is C25H40N8O. The van der Waals surface area contributed by atoms with E-state index < -0.39 is 0 Å². The summed E-state index contributed by atoms with van der Waals surface area (Å²) in [4.78, 5) is 16.0. The minimum Gasteiger partial charge on any atom is -0.497 e. The standard InChI is InChI=1S/C23H34N8O.C2H6/c1-4-6-19(32-3)13-17(15-25-2)20-14-18-16-28-23(30-22(18)29-21(20)24)27-7-5-10-31-11-8-26-9-12-31;1-2/h4,6,13-16,25-26H,5,7-12H2,1-3H3,(H3,24,27,28,29,30);1-2H3/b6-4-,17-15+,19-13+;. The van der Waals surface area contributed by atoms with E-state index in [1.54, 1.807) is 13.3 Å². The predicted molar refractivity (Wildman–Crippen MR) is 142 cm³/mol. The van der Waals surface area contributed by atoms with Crippen LogP contribution in [0.2, 0.25) is 0 Å². The van der Waals surface area contributed by atoms with Crippen molar-refractivity contribution in [2.75, 3.05) is 64.5 Å². The molecule has 0 radical (unpaired) electrons. The summed E-state index contributed by atoms with van der Waals surface area (Å²) < 4.78 is 5.42. The van der Waals surface area contributed by atoms with Crippen molar-refractivity contribution in [3.8, 4) is 0 Å². The van der Waals surface area contributed by atoms with E-state index in [1.807, 2.05) is 58.3 Å². The number of pyridine rings is 1. The van der Waals surface area contributed by atoms with Crippen molar-refractivity contribution in [1.82, 2.24) is 30.5 Å². The van der Waals surface area contributed by atoms with E-state index in [0.717, 1.165) is 62.2 Å². The highest BCUT2D eigenvalue weighted by atomic mass is 16.5. The highest BCUT2D eigenvalue weighted by Crippen LogP contribution is 2.26. The second-order valence-corrected chi connectivity index (χ2v) is 7.54. The SMILES string of the molecule is CC.C\C=C/C(=C\C(=C/NC)c1cc2cnc(NCCCN3CCNCC3)nc2nc1N)OC. The number of nitrogen functional groups attached to an aromatic ring is 1. The molecule has 186 valence electrons. The highest BCUT2D eigenvalue weighted by Gasteiger charge is 2.12. The molecule has 1 saturated heterocycles. The maximum Gasteiger partial charge on any atom is 0.224 e. The van der Waals surface area contributed by atoms with Crippen molar-refractivity contribution in [1.29, 1.82) is 0 Å². The molecule has 0 atom stereocenters. The highest BCUT2D eigenvalue weighted by molar-refractivity contribution is 5.88. The maximum absolute atomic E-state index is 6.30. The fourth-order valence-electron chi connectivity index (χ4n) is 3.58. The molecule has 0 unspecified atom stereocenters. The molecule has 5 N–H and O–H groups in total. The van der Waals surface area contributed by atoms with E-state index in [1.165, 1.54) is 0 Å². The number of nitrogens with zero attached hydrogens (tertiary/aromatic N) is 4. The Balaban J connectivity index is 0.00000199. The second kappa shape index (κ2) is 14.9. The van der Waals surface area contributed by atoms with Gasteiger partial charge in [0, 0.05) is 68.7 Å². The Morgan fingerprint density at radius 1 is 1.26 bits per heavy atom. The van der Waals surface area contributed by atoms with E-state index in [2.05, 4.69) is 35.8 Å². The zero-order valence-electron chi connectivity index (χ0n) is 21.2. The molecule has 9 nitrogen and oxygen atoms in total. The first-order valence-electron chi connectivity index (χ1n) is 12.0. The van der Waals surface area contributed by atoms with Crippen LogP contribution in [0.3, 0.4) is 0 Å². The molecule has 1 aliphatic rings. The van der Waals surface area contributed by atoms with Crippen molar-refractivity contribution in [3.63, 3.8) is 0 Å². The average molecular weight is 469 g/mol. The van der Waals surface area contributed by atoms with Crippen LogP contribution in [-0.2, 0) is 4.74 Å². The molecule has 1 fully saturated rings. The first-order valence-corrected chi connectivity index (χ1v) is 12.0. The van der Waals surface area contributed by atoms with Gasteiger partial charge in [-0.2, -0.15) is 4.98 Å². The number of anilines is 2. The lowest BCUT2D eigenvalue weighted by atomic mass is 10.1. The molecule has 0 aliphatic carbocycles. The Bertz CT molecular complexity index is 980. The number of allylic oxidation sites excluding steroid dienone is 4. The maximum atomic E-state index is 6.30. The summed E-state index contributed by atoms with van der Waals surface area (Å²) >= 11 is 0. The summed E-state index contributed by atoms with van der Waals surface area (Å²) in [6, 6.07) is 1.95. The summed E-state index contributed by atoms with van der Waals surface area (Å²) in [6.07, 6.45) is 10.4. The predicted octanol–water partition coefficient (Wildman–Crippen LogP) is 3.01. The molecule has 0 bridgehead atoms. The van der Waals surface area contributed by atoms with Gasteiger partial charge in [-0.05, 0) is 38.1 Å². The van der Waals surface area contributed by atoms with Crippen molar-refractivity contribution < 1.29 is 4.74 Å². The second-order valence-electron chi connectivity index (χ2n) is 7.54. The number of nitrogens with one attached hydrogen (secondary N) is 3. The molecule has 34 heavy (non-hydrogen) atoms. The lowest BCUT2D eigenvalue weighted by molar-refractivity contribution is 0.240. The molecule has 1 aliphatic heterocycles. The quantitative estimate of drug-likeness (QED) is 0.237. The van der Waals surface area contributed by atoms with Gasteiger partial charge in [-0.15, -0.1) is 0 Å². The fourth-order valence-corrected chi connectivity index (χ4v) is 3.58. The van der Waals surface area contributed by atoms with E-state index >= 15 is 0 Å². The van der Waals surface area contributed by atoms with Crippen molar-refractivity contribution in [3.05, 3.63) is 48.0 Å². The van der Waals surface area contributed by atoms with E-state index in [9.17, 15) is 0 Å². The minimum atomic E-state index is 0.398. The molecule has 9 heteroatoms. The Hall–Kier alpha value is -3.17. The summed E-state index contributed by atoms with van der Waals surface area (Å²) in [7, 11) is 3.47. The van der Waals surface area contributed by atoms with Gasteiger partial charge in [0.1, 0.15) is 11.6 Å². The Kier molecular flexibility index (Phi) is 11.8. The normalized spacial score (nSPS) is 15.2. The molecule has 3 heterocycles. The molecular weight excluding hydrogens is 428 g/mol. The zero-order valence-corrected chi connectivity index (χ0v) is 21.2. The first kappa shape index (κ1) is 27.1. The monoisotopic (exact) mass is 468 g/mol. The van der Waals surface area contributed by atoms with Gasteiger partial charge < -0.3 is 31.3 Å². The van der Waals surface area contributed by atoms with Gasteiger partial charge in [-0.1, -0.05) is 19.9 Å². The summed E-state index contributed by atoms with van der Waals surface area (Å²) in [6.45, 7) is 12.2. The molecule has 0 amide bonds. The Labute approximate surface area is 203 Å². The lowest BCUT2D eigenvalue weighted by Crippen LogP contribution is -2.44. The van der Waals surface area contributed by atoms with Crippen molar-refractivity contribution in [2.45, 2.75) is 27.2 Å². The summed E-state index contributed by atoms with van der Waals surface area (Å²) in [5.74, 6) is 1.68. The number of hydrogen-bond acceptors (Lipinski definition) is 9. The van der Waals surface area contributed by atoms with E-state index in [-0.39, 0.29) is 0 Å². The number of nitrogens with two attached hydrogens (primary N) is 1. The topological polar surface area (TPSA) is 113 Å². The van der Waals surface area contributed by atoms with Crippen LogP contribution in [0.15, 0.2) is 42.5 Å². The minimum absolute atomic E-state index is 0.398. The summed E-state index contributed by atoms with van der Waals surface area (Å²) in [5, 5.41) is 10.6.